The van der Waals surface area contributed by atoms with Gasteiger partial charge in [-0.2, -0.15) is 5.26 Å². The van der Waals surface area contributed by atoms with E-state index in [9.17, 15) is 0 Å². The molecule has 0 bridgehead atoms. The lowest BCUT2D eigenvalue weighted by Gasteiger charge is -1.87. The van der Waals surface area contributed by atoms with Crippen LogP contribution in [0.25, 0.3) is 0 Å². The molecule has 1 aromatic carbocycles. The highest BCUT2D eigenvalue weighted by Crippen LogP contribution is 2.13. The Labute approximate surface area is 72.7 Å². The molecule has 0 amide bonds. The zero-order valence-electron chi connectivity index (χ0n) is 5.53. The topological polar surface area (TPSA) is 64.2 Å². The molecule has 0 saturated heterocycles. The highest BCUT2D eigenvalue weighted by atomic mass is 79.9. The fourth-order valence-electron chi connectivity index (χ4n) is 0.441. The van der Waals surface area contributed by atoms with Crippen molar-refractivity contribution in [2.24, 2.45) is 0 Å². The third-order valence-corrected chi connectivity index (χ3v) is 1.36. The lowest BCUT2D eigenvalue weighted by atomic mass is 10.3. The van der Waals surface area contributed by atoms with Crippen molar-refractivity contribution in [1.29, 1.82) is 5.26 Å². The van der Waals surface area contributed by atoms with E-state index in [1.54, 1.807) is 24.3 Å². The van der Waals surface area contributed by atoms with E-state index in [2.05, 4.69) is 15.9 Å². The standard InChI is InChI=1S/C6H5BrO.CHNO/c7-5-1-3-6(8)4-2-5;2-1-3/h1-4,8H;3H. The molecule has 0 spiro atoms. The Hall–Kier alpha value is -1.21. The summed E-state index contributed by atoms with van der Waals surface area (Å²) in [5.41, 5.74) is 0. The number of nitrogens with zero attached hydrogens (tertiary/aromatic N) is 1. The number of rotatable bonds is 0. The molecule has 2 N–H and O–H groups in total. The first-order valence-corrected chi connectivity index (χ1v) is 3.47. The lowest BCUT2D eigenvalue weighted by Crippen LogP contribution is -1.61. The molecule has 1 aromatic rings. The van der Waals surface area contributed by atoms with Crippen molar-refractivity contribution < 1.29 is 10.2 Å². The van der Waals surface area contributed by atoms with Gasteiger partial charge in [-0.1, -0.05) is 15.9 Å². The first-order valence-electron chi connectivity index (χ1n) is 2.68. The maximum Gasteiger partial charge on any atom is 0.283 e. The largest absolute Gasteiger partial charge is 0.508 e. The third kappa shape index (κ3) is 5.25. The average Bonchev–Trinajstić information content (AvgIpc) is 1.97. The van der Waals surface area contributed by atoms with Crippen LogP contribution in [-0.2, 0) is 0 Å². The van der Waals surface area contributed by atoms with E-state index in [4.69, 9.17) is 15.5 Å². The third-order valence-electron chi connectivity index (χ3n) is 0.827. The monoisotopic (exact) mass is 215 g/mol. The summed E-state index contributed by atoms with van der Waals surface area (Å²) in [6, 6.07) is 6.83. The number of benzene rings is 1. The van der Waals surface area contributed by atoms with Gasteiger partial charge in [-0.05, 0) is 24.3 Å². The van der Waals surface area contributed by atoms with Crippen LogP contribution in [0.5, 0.6) is 5.75 Å². The molecule has 3 nitrogen and oxygen atoms in total. The van der Waals surface area contributed by atoms with Crippen molar-refractivity contribution in [1.82, 2.24) is 0 Å². The molecule has 4 heteroatoms. The summed E-state index contributed by atoms with van der Waals surface area (Å²) in [6.07, 6.45) is 0.750. The number of aliphatic hydroxyl groups excluding tert-OH is 1. The smallest absolute Gasteiger partial charge is 0.283 e. The van der Waals surface area contributed by atoms with Gasteiger partial charge in [0, 0.05) is 4.47 Å². The molecule has 1 rings (SSSR count). The molecule has 0 aliphatic heterocycles. The highest BCUT2D eigenvalue weighted by molar-refractivity contribution is 9.10. The second-order valence-electron chi connectivity index (χ2n) is 1.58. The molecule has 58 valence electrons. The summed E-state index contributed by atoms with van der Waals surface area (Å²) in [4.78, 5) is 0. The molecule has 0 aliphatic rings. The first kappa shape index (κ1) is 9.79. The van der Waals surface area contributed by atoms with Gasteiger partial charge in [0.1, 0.15) is 5.75 Å². The van der Waals surface area contributed by atoms with Gasteiger partial charge in [-0.25, -0.2) is 0 Å². The Balaban J connectivity index is 0.000000292. The van der Waals surface area contributed by atoms with Gasteiger partial charge in [-0.3, -0.25) is 0 Å². The van der Waals surface area contributed by atoms with Gasteiger partial charge in [0.2, 0.25) is 0 Å². The minimum atomic E-state index is 0.299. The van der Waals surface area contributed by atoms with Crippen LogP contribution in [0.15, 0.2) is 28.7 Å². The molecule has 0 radical (unpaired) electrons. The SMILES string of the molecule is N#CO.Oc1ccc(Br)cc1. The van der Waals surface area contributed by atoms with Crippen molar-refractivity contribution in [2.75, 3.05) is 0 Å². The summed E-state index contributed by atoms with van der Waals surface area (Å²) in [6.45, 7) is 0. The molecule has 0 fully saturated rings. The van der Waals surface area contributed by atoms with E-state index in [0.29, 0.717) is 5.75 Å². The van der Waals surface area contributed by atoms with Crippen LogP contribution in [-0.4, -0.2) is 10.2 Å². The van der Waals surface area contributed by atoms with Crippen molar-refractivity contribution in [3.8, 4) is 12.0 Å². The predicted octanol–water partition coefficient (Wildman–Crippen LogP) is 1.99. The van der Waals surface area contributed by atoms with Crippen molar-refractivity contribution in [3.63, 3.8) is 0 Å². The van der Waals surface area contributed by atoms with E-state index in [1.165, 1.54) is 0 Å². The second-order valence-corrected chi connectivity index (χ2v) is 2.49. The van der Waals surface area contributed by atoms with Crippen LogP contribution in [0.3, 0.4) is 0 Å². The molecule has 0 heterocycles. The van der Waals surface area contributed by atoms with Crippen LogP contribution in [0, 0.1) is 11.5 Å². The number of phenols is 1. The van der Waals surface area contributed by atoms with Crippen LogP contribution < -0.4 is 0 Å². The normalized spacial score (nSPS) is 7.27. The number of phenolic OH excluding ortho intramolecular Hbond substituents is 1. The van der Waals surface area contributed by atoms with Crippen LogP contribution in [0.1, 0.15) is 0 Å². The first-order chi connectivity index (χ1) is 5.20. The number of halogens is 1. The Morgan fingerprint density at radius 1 is 1.27 bits per heavy atom. The van der Waals surface area contributed by atoms with Crippen molar-refractivity contribution in [2.45, 2.75) is 0 Å². The van der Waals surface area contributed by atoms with Crippen molar-refractivity contribution >= 4 is 15.9 Å². The highest BCUT2D eigenvalue weighted by Gasteiger charge is 1.83. The van der Waals surface area contributed by atoms with Crippen LogP contribution in [0.2, 0.25) is 0 Å². The van der Waals surface area contributed by atoms with Gasteiger partial charge in [0.15, 0.2) is 0 Å². The molecule has 0 saturated carbocycles. The number of hydrogen-bond donors (Lipinski definition) is 2. The second kappa shape index (κ2) is 5.57. The fraction of sp³-hybridized carbons (Fsp3) is 0. The minimum Gasteiger partial charge on any atom is -0.508 e. The van der Waals surface area contributed by atoms with Crippen LogP contribution in [0.4, 0.5) is 0 Å². The molecule has 11 heavy (non-hydrogen) atoms. The zero-order valence-corrected chi connectivity index (χ0v) is 7.12. The van der Waals surface area contributed by atoms with Gasteiger partial charge < -0.3 is 10.2 Å². The molecule has 0 aliphatic carbocycles. The Morgan fingerprint density at radius 2 is 1.64 bits per heavy atom. The summed E-state index contributed by atoms with van der Waals surface area (Å²) in [5.74, 6) is 0.299. The van der Waals surface area contributed by atoms with E-state index in [0.717, 1.165) is 10.7 Å². The van der Waals surface area contributed by atoms with E-state index >= 15 is 0 Å². The molecular formula is C7H6BrNO2. The molecule has 0 atom stereocenters. The summed E-state index contributed by atoms with van der Waals surface area (Å²) in [5, 5.41) is 22.5. The van der Waals surface area contributed by atoms with Crippen molar-refractivity contribution in [3.05, 3.63) is 28.7 Å². The van der Waals surface area contributed by atoms with Gasteiger partial charge >= 0.3 is 0 Å². The van der Waals surface area contributed by atoms with Gasteiger partial charge in [0.05, 0.1) is 0 Å². The van der Waals surface area contributed by atoms with E-state index in [1.807, 2.05) is 0 Å². The number of nitriles is 1. The minimum absolute atomic E-state index is 0.299. The maximum absolute atomic E-state index is 8.74. The quantitative estimate of drug-likeness (QED) is 0.651. The Kier molecular flexibility index (Phi) is 4.95. The molecular weight excluding hydrogens is 210 g/mol. The summed E-state index contributed by atoms with van der Waals surface area (Å²) in [7, 11) is 0. The Bertz CT molecular complexity index is 219. The fourth-order valence-corrected chi connectivity index (χ4v) is 0.705. The van der Waals surface area contributed by atoms with Gasteiger partial charge in [-0.15, -0.1) is 0 Å². The van der Waals surface area contributed by atoms with E-state index < -0.39 is 0 Å². The predicted molar refractivity (Wildman–Crippen MR) is 43.4 cm³/mol. The molecule has 0 aromatic heterocycles. The average molecular weight is 216 g/mol. The maximum atomic E-state index is 8.74. The van der Waals surface area contributed by atoms with Gasteiger partial charge in [0.25, 0.3) is 6.26 Å². The molecule has 0 unspecified atom stereocenters. The number of aliphatic hydroxyl groups is 1. The summed E-state index contributed by atoms with van der Waals surface area (Å²) >= 11 is 3.23. The Morgan fingerprint density at radius 3 is 1.91 bits per heavy atom. The lowest BCUT2D eigenvalue weighted by molar-refractivity contribution is 0.475. The number of hydrogen-bond acceptors (Lipinski definition) is 3. The zero-order chi connectivity index (χ0) is 8.69. The van der Waals surface area contributed by atoms with E-state index in [-0.39, 0.29) is 0 Å². The number of aromatic hydroxyl groups is 1. The summed E-state index contributed by atoms with van der Waals surface area (Å²) < 4.78 is 0.982. The van der Waals surface area contributed by atoms with Crippen LogP contribution >= 0.6 is 15.9 Å².